The van der Waals surface area contributed by atoms with Gasteiger partial charge in [-0.25, -0.2) is 4.79 Å². The molecule has 1 aliphatic heterocycles. The second-order valence-corrected chi connectivity index (χ2v) is 7.90. The molecule has 2 heterocycles. The summed E-state index contributed by atoms with van der Waals surface area (Å²) in [4.78, 5) is 25.6. The molecular formula is C20H13Cl2NO4S. The number of methoxy groups -OCH3 is 1. The summed E-state index contributed by atoms with van der Waals surface area (Å²) in [7, 11) is 1.23. The van der Waals surface area contributed by atoms with E-state index in [1.54, 1.807) is 18.2 Å². The van der Waals surface area contributed by atoms with E-state index in [0.717, 1.165) is 16.0 Å². The molecule has 0 aliphatic carbocycles. The number of fused-ring (bicyclic) bond motifs is 3. The van der Waals surface area contributed by atoms with Crippen molar-refractivity contribution in [1.29, 1.82) is 0 Å². The van der Waals surface area contributed by atoms with Crippen molar-refractivity contribution in [2.45, 2.75) is 5.92 Å². The number of hydrogen-bond donors (Lipinski definition) is 1. The van der Waals surface area contributed by atoms with E-state index in [1.807, 2.05) is 24.3 Å². The summed E-state index contributed by atoms with van der Waals surface area (Å²) < 4.78 is 11.1. The summed E-state index contributed by atoms with van der Waals surface area (Å²) in [5.41, 5.74) is 6.76. The van der Waals surface area contributed by atoms with Crippen LogP contribution in [0.15, 0.2) is 58.7 Å². The number of benzene rings is 2. The lowest BCUT2D eigenvalue weighted by molar-refractivity contribution is -0.136. The lowest BCUT2D eigenvalue weighted by Crippen LogP contribution is -2.30. The number of ether oxygens (including phenoxy) is 2. The molecule has 28 heavy (non-hydrogen) atoms. The normalized spacial score (nSPS) is 15.9. The first-order chi connectivity index (χ1) is 13.4. The van der Waals surface area contributed by atoms with Crippen LogP contribution in [-0.4, -0.2) is 13.1 Å². The van der Waals surface area contributed by atoms with Crippen LogP contribution in [-0.2, 0) is 9.53 Å². The van der Waals surface area contributed by atoms with Gasteiger partial charge in [-0.1, -0.05) is 52.7 Å². The van der Waals surface area contributed by atoms with Crippen LogP contribution in [0.1, 0.15) is 17.0 Å². The number of halogens is 2. The van der Waals surface area contributed by atoms with Gasteiger partial charge in [0.15, 0.2) is 0 Å². The average Bonchev–Trinajstić information content (AvgIpc) is 2.67. The summed E-state index contributed by atoms with van der Waals surface area (Å²) >= 11 is 13.9. The average molecular weight is 434 g/mol. The lowest BCUT2D eigenvalue weighted by atomic mass is 9.83. The molecule has 2 aromatic carbocycles. The second-order valence-electron chi connectivity index (χ2n) is 6.07. The zero-order chi connectivity index (χ0) is 20.0. The molecule has 1 aromatic heterocycles. The topological polar surface area (TPSA) is 78.6 Å². The van der Waals surface area contributed by atoms with Crippen molar-refractivity contribution in [3.05, 3.63) is 84.6 Å². The van der Waals surface area contributed by atoms with E-state index in [9.17, 15) is 9.59 Å². The van der Waals surface area contributed by atoms with Gasteiger partial charge in [-0.2, -0.15) is 0 Å². The zero-order valence-electron chi connectivity index (χ0n) is 14.5. The molecule has 0 spiro atoms. The van der Waals surface area contributed by atoms with Crippen molar-refractivity contribution in [3.63, 3.8) is 0 Å². The van der Waals surface area contributed by atoms with Gasteiger partial charge in [0.2, 0.25) is 10.6 Å². The third-order valence-electron chi connectivity index (χ3n) is 4.55. The van der Waals surface area contributed by atoms with Crippen molar-refractivity contribution in [2.75, 3.05) is 7.11 Å². The predicted molar refractivity (Wildman–Crippen MR) is 110 cm³/mol. The number of esters is 1. The van der Waals surface area contributed by atoms with Crippen molar-refractivity contribution in [3.8, 4) is 5.75 Å². The highest BCUT2D eigenvalue weighted by Crippen LogP contribution is 2.48. The standard InChI is InChI=1S/C20H13Cl2NO4S/c1-26-19(24)16-14(13-10(21)6-4-7-11(13)22)15-17(27-18(16)23)9-5-2-3-8-12(9)28-20(15)25/h2-8,14H,23H2,1H3/t14-/m0/s1. The predicted octanol–water partition coefficient (Wildman–Crippen LogP) is 4.44. The molecule has 8 heteroatoms. The molecule has 0 amide bonds. The number of hydrogen-bond acceptors (Lipinski definition) is 6. The number of rotatable bonds is 2. The van der Waals surface area contributed by atoms with E-state index in [1.165, 1.54) is 7.11 Å². The van der Waals surface area contributed by atoms with E-state index in [0.29, 0.717) is 26.7 Å². The van der Waals surface area contributed by atoms with Gasteiger partial charge in [-0.3, -0.25) is 4.79 Å². The molecule has 0 bridgehead atoms. The van der Waals surface area contributed by atoms with Crippen LogP contribution < -0.4 is 15.2 Å². The van der Waals surface area contributed by atoms with Gasteiger partial charge >= 0.3 is 5.97 Å². The van der Waals surface area contributed by atoms with E-state index < -0.39 is 11.9 Å². The van der Waals surface area contributed by atoms with Crippen molar-refractivity contribution in [2.24, 2.45) is 5.73 Å². The summed E-state index contributed by atoms with van der Waals surface area (Å²) in [5.74, 6) is -1.49. The summed E-state index contributed by atoms with van der Waals surface area (Å²) in [6.45, 7) is 0. The molecule has 5 nitrogen and oxygen atoms in total. The Kier molecular flexibility index (Phi) is 4.79. The monoisotopic (exact) mass is 433 g/mol. The quantitative estimate of drug-likeness (QED) is 0.604. The molecule has 0 unspecified atom stereocenters. The SMILES string of the molecule is COC(=O)C1=C(N)Oc2c(c(=O)sc3ccccc23)[C@@H]1c1c(Cl)cccc1Cl. The fourth-order valence-corrected chi connectivity index (χ4v) is 4.90. The summed E-state index contributed by atoms with van der Waals surface area (Å²) in [5, 5.41) is 1.32. The Balaban J connectivity index is 2.14. The molecule has 1 aliphatic rings. The lowest BCUT2D eigenvalue weighted by Gasteiger charge is -2.29. The fraction of sp³-hybridized carbons (Fsp3) is 0.100. The van der Waals surface area contributed by atoms with Crippen molar-refractivity contribution >= 4 is 50.6 Å². The molecule has 3 aromatic rings. The molecule has 1 atom stereocenters. The van der Waals surface area contributed by atoms with Gasteiger partial charge in [-0.15, -0.1) is 0 Å². The second kappa shape index (κ2) is 7.13. The van der Waals surface area contributed by atoms with Crippen LogP contribution in [0.25, 0.3) is 10.1 Å². The molecule has 0 radical (unpaired) electrons. The Morgan fingerprint density at radius 3 is 2.46 bits per heavy atom. The first kappa shape index (κ1) is 18.8. The third-order valence-corrected chi connectivity index (χ3v) is 6.19. The van der Waals surface area contributed by atoms with Crippen LogP contribution in [0.4, 0.5) is 0 Å². The Hall–Kier alpha value is -2.54. The Bertz CT molecular complexity index is 1200. The van der Waals surface area contributed by atoms with Gasteiger partial charge in [0, 0.05) is 25.7 Å². The van der Waals surface area contributed by atoms with Crippen LogP contribution >= 0.6 is 34.5 Å². The largest absolute Gasteiger partial charge is 0.465 e. The highest BCUT2D eigenvalue weighted by molar-refractivity contribution is 7.16. The zero-order valence-corrected chi connectivity index (χ0v) is 16.8. The first-order valence-electron chi connectivity index (χ1n) is 8.19. The first-order valence-corrected chi connectivity index (χ1v) is 9.76. The van der Waals surface area contributed by atoms with Gasteiger partial charge < -0.3 is 15.2 Å². The van der Waals surface area contributed by atoms with E-state index in [2.05, 4.69) is 0 Å². The molecule has 0 saturated carbocycles. The Morgan fingerprint density at radius 2 is 1.79 bits per heavy atom. The van der Waals surface area contributed by atoms with E-state index in [4.69, 9.17) is 38.4 Å². The van der Waals surface area contributed by atoms with Gasteiger partial charge in [0.05, 0.1) is 18.6 Å². The molecular weight excluding hydrogens is 421 g/mol. The van der Waals surface area contributed by atoms with Gasteiger partial charge in [0.1, 0.15) is 11.3 Å². The fourth-order valence-electron chi connectivity index (χ4n) is 3.35. The maximum Gasteiger partial charge on any atom is 0.340 e. The van der Waals surface area contributed by atoms with Crippen LogP contribution in [0.2, 0.25) is 10.0 Å². The smallest absolute Gasteiger partial charge is 0.340 e. The Labute approximate surface area is 173 Å². The maximum absolute atomic E-state index is 13.1. The van der Waals surface area contributed by atoms with E-state index >= 15 is 0 Å². The van der Waals surface area contributed by atoms with Crippen LogP contribution in [0.5, 0.6) is 5.75 Å². The molecule has 0 fully saturated rings. The summed E-state index contributed by atoms with van der Waals surface area (Å²) in [6.07, 6.45) is 0. The highest BCUT2D eigenvalue weighted by atomic mass is 35.5. The summed E-state index contributed by atoms with van der Waals surface area (Å²) in [6, 6.07) is 12.3. The van der Waals surface area contributed by atoms with Crippen molar-refractivity contribution < 1.29 is 14.3 Å². The molecule has 142 valence electrons. The van der Waals surface area contributed by atoms with Gasteiger partial charge in [0.25, 0.3) is 0 Å². The molecule has 4 rings (SSSR count). The molecule has 2 N–H and O–H groups in total. The highest BCUT2D eigenvalue weighted by Gasteiger charge is 2.40. The minimum absolute atomic E-state index is 0.00965. The molecule has 0 saturated heterocycles. The van der Waals surface area contributed by atoms with Crippen molar-refractivity contribution in [1.82, 2.24) is 0 Å². The van der Waals surface area contributed by atoms with Crippen LogP contribution in [0, 0.1) is 0 Å². The Morgan fingerprint density at radius 1 is 1.11 bits per heavy atom. The number of nitrogens with two attached hydrogens (primary N) is 1. The van der Waals surface area contributed by atoms with Crippen LogP contribution in [0.3, 0.4) is 0 Å². The number of carbonyl (C=O) groups excluding carboxylic acids is 1. The number of carbonyl (C=O) groups is 1. The van der Waals surface area contributed by atoms with E-state index in [-0.39, 0.29) is 21.8 Å². The third kappa shape index (κ3) is 2.85. The van der Waals surface area contributed by atoms with Gasteiger partial charge in [-0.05, 0) is 24.3 Å². The minimum Gasteiger partial charge on any atom is -0.465 e. The minimum atomic E-state index is -0.911. The maximum atomic E-state index is 13.1.